The van der Waals surface area contributed by atoms with E-state index in [4.69, 9.17) is 0 Å². The SMILES string of the molecule is CN1c2cc(C(=O)NC3CCCCCCC3)ccc2C(=O)N2CCCCC[C@@H]21. The molecule has 152 valence electrons. The van der Waals surface area contributed by atoms with Gasteiger partial charge in [0.25, 0.3) is 11.8 Å². The Hall–Kier alpha value is -2.04. The number of nitrogens with zero attached hydrogens (tertiary/aromatic N) is 2. The van der Waals surface area contributed by atoms with Gasteiger partial charge in [-0.05, 0) is 50.3 Å². The molecule has 1 saturated carbocycles. The fourth-order valence-corrected chi connectivity index (χ4v) is 5.06. The molecule has 2 heterocycles. The first kappa shape index (κ1) is 19.3. The van der Waals surface area contributed by atoms with E-state index in [1.165, 1.54) is 38.5 Å². The average Bonchev–Trinajstić information content (AvgIpc) is 2.94. The fourth-order valence-electron chi connectivity index (χ4n) is 5.06. The molecule has 0 spiro atoms. The first-order valence-electron chi connectivity index (χ1n) is 11.1. The van der Waals surface area contributed by atoms with E-state index < -0.39 is 0 Å². The van der Waals surface area contributed by atoms with E-state index in [1.807, 2.05) is 23.1 Å². The van der Waals surface area contributed by atoms with Crippen molar-refractivity contribution in [3.8, 4) is 0 Å². The topological polar surface area (TPSA) is 52.7 Å². The van der Waals surface area contributed by atoms with Gasteiger partial charge in [0.05, 0.1) is 11.3 Å². The van der Waals surface area contributed by atoms with Gasteiger partial charge in [0.15, 0.2) is 0 Å². The lowest BCUT2D eigenvalue weighted by Crippen LogP contribution is -2.53. The number of fused-ring (bicyclic) bond motifs is 2. The summed E-state index contributed by atoms with van der Waals surface area (Å²) in [4.78, 5) is 30.1. The molecule has 2 amide bonds. The minimum absolute atomic E-state index is 0.00230. The largest absolute Gasteiger partial charge is 0.354 e. The molecule has 3 aliphatic rings. The van der Waals surface area contributed by atoms with Gasteiger partial charge in [0.2, 0.25) is 0 Å². The second-order valence-electron chi connectivity index (χ2n) is 8.69. The number of benzene rings is 1. The van der Waals surface area contributed by atoms with Crippen LogP contribution in [0.4, 0.5) is 5.69 Å². The predicted molar refractivity (Wildman–Crippen MR) is 112 cm³/mol. The van der Waals surface area contributed by atoms with Crippen LogP contribution in [0.15, 0.2) is 18.2 Å². The number of nitrogens with one attached hydrogen (secondary N) is 1. The number of hydrogen-bond acceptors (Lipinski definition) is 3. The molecule has 1 aliphatic carbocycles. The summed E-state index contributed by atoms with van der Waals surface area (Å²) in [6, 6.07) is 5.87. The number of anilines is 1. The van der Waals surface area contributed by atoms with Crippen molar-refractivity contribution in [1.82, 2.24) is 10.2 Å². The van der Waals surface area contributed by atoms with E-state index in [1.54, 1.807) is 0 Å². The number of rotatable bonds is 2. The summed E-state index contributed by atoms with van der Waals surface area (Å²) in [6.45, 7) is 0.831. The van der Waals surface area contributed by atoms with Crippen molar-refractivity contribution in [3.63, 3.8) is 0 Å². The first-order chi connectivity index (χ1) is 13.6. The standard InChI is InChI=1S/C23H33N3O2/c1-25-20-16-17(22(27)24-18-10-6-3-2-4-7-11-18)13-14-19(20)23(28)26-15-9-5-8-12-21(25)26/h13-14,16,18,21H,2-12,15H2,1H3,(H,24,27)/t21-/m1/s1. The van der Waals surface area contributed by atoms with Crippen LogP contribution in [0.5, 0.6) is 0 Å². The van der Waals surface area contributed by atoms with Gasteiger partial charge in [0, 0.05) is 25.2 Å². The molecule has 0 unspecified atom stereocenters. The summed E-state index contributed by atoms with van der Waals surface area (Å²) in [6.07, 6.45) is 12.9. The molecule has 1 aromatic carbocycles. The Morgan fingerprint density at radius 1 is 0.964 bits per heavy atom. The minimum Gasteiger partial charge on any atom is -0.354 e. The highest BCUT2D eigenvalue weighted by molar-refractivity contribution is 6.04. The number of hydrogen-bond donors (Lipinski definition) is 1. The molecule has 5 heteroatoms. The zero-order valence-corrected chi connectivity index (χ0v) is 17.1. The molecule has 2 aliphatic heterocycles. The number of amides is 2. The quantitative estimate of drug-likeness (QED) is 0.827. The Bertz CT molecular complexity index is 725. The van der Waals surface area contributed by atoms with Gasteiger partial charge in [-0.25, -0.2) is 0 Å². The van der Waals surface area contributed by atoms with Crippen LogP contribution in [0, 0.1) is 0 Å². The van der Waals surface area contributed by atoms with Crippen LogP contribution >= 0.6 is 0 Å². The second kappa shape index (κ2) is 8.54. The number of carbonyl (C=O) groups excluding carboxylic acids is 2. The van der Waals surface area contributed by atoms with Crippen molar-refractivity contribution >= 4 is 17.5 Å². The molecule has 0 bridgehead atoms. The third-order valence-corrected chi connectivity index (χ3v) is 6.74. The molecular weight excluding hydrogens is 350 g/mol. The highest BCUT2D eigenvalue weighted by Gasteiger charge is 2.36. The smallest absolute Gasteiger partial charge is 0.257 e. The summed E-state index contributed by atoms with van der Waals surface area (Å²) in [5, 5.41) is 3.25. The van der Waals surface area contributed by atoms with Crippen LogP contribution in [0.25, 0.3) is 0 Å². The lowest BCUT2D eigenvalue weighted by molar-refractivity contribution is 0.0661. The van der Waals surface area contributed by atoms with E-state index in [0.717, 1.165) is 49.9 Å². The maximum Gasteiger partial charge on any atom is 0.257 e. The van der Waals surface area contributed by atoms with Crippen molar-refractivity contribution in [2.45, 2.75) is 82.8 Å². The Labute approximate surface area is 168 Å². The summed E-state index contributed by atoms with van der Waals surface area (Å²) < 4.78 is 0. The van der Waals surface area contributed by atoms with Gasteiger partial charge in [-0.2, -0.15) is 0 Å². The Morgan fingerprint density at radius 2 is 1.64 bits per heavy atom. The van der Waals surface area contributed by atoms with Crippen molar-refractivity contribution in [2.24, 2.45) is 0 Å². The Morgan fingerprint density at radius 3 is 2.43 bits per heavy atom. The van der Waals surface area contributed by atoms with Crippen LogP contribution in [0.3, 0.4) is 0 Å². The Kier molecular flexibility index (Phi) is 5.88. The van der Waals surface area contributed by atoms with Gasteiger partial charge in [0.1, 0.15) is 6.17 Å². The minimum atomic E-state index is -0.00230. The van der Waals surface area contributed by atoms with Gasteiger partial charge in [-0.3, -0.25) is 9.59 Å². The van der Waals surface area contributed by atoms with Gasteiger partial charge < -0.3 is 15.1 Å². The van der Waals surface area contributed by atoms with E-state index in [2.05, 4.69) is 17.3 Å². The molecule has 0 radical (unpaired) electrons. The molecule has 28 heavy (non-hydrogen) atoms. The third kappa shape index (κ3) is 3.89. The highest BCUT2D eigenvalue weighted by atomic mass is 16.2. The fraction of sp³-hybridized carbons (Fsp3) is 0.652. The van der Waals surface area contributed by atoms with Gasteiger partial charge >= 0.3 is 0 Å². The molecule has 2 fully saturated rings. The maximum atomic E-state index is 13.0. The maximum absolute atomic E-state index is 13.0. The molecule has 1 saturated heterocycles. The lowest BCUT2D eigenvalue weighted by atomic mass is 9.96. The van der Waals surface area contributed by atoms with Crippen LogP contribution in [-0.2, 0) is 0 Å². The molecule has 1 atom stereocenters. The van der Waals surface area contributed by atoms with Gasteiger partial charge in [-0.15, -0.1) is 0 Å². The lowest BCUT2D eigenvalue weighted by Gasteiger charge is -2.43. The molecule has 4 rings (SSSR count). The molecule has 1 N–H and O–H groups in total. The van der Waals surface area contributed by atoms with E-state index in [9.17, 15) is 9.59 Å². The van der Waals surface area contributed by atoms with E-state index in [-0.39, 0.29) is 24.0 Å². The third-order valence-electron chi connectivity index (χ3n) is 6.74. The van der Waals surface area contributed by atoms with Crippen LogP contribution in [0.1, 0.15) is 91.3 Å². The zero-order chi connectivity index (χ0) is 19.5. The summed E-state index contributed by atoms with van der Waals surface area (Å²) in [5.41, 5.74) is 2.30. The monoisotopic (exact) mass is 383 g/mol. The van der Waals surface area contributed by atoms with Gasteiger partial charge in [-0.1, -0.05) is 38.5 Å². The van der Waals surface area contributed by atoms with Crippen LogP contribution in [-0.4, -0.2) is 42.5 Å². The van der Waals surface area contributed by atoms with E-state index in [0.29, 0.717) is 5.56 Å². The van der Waals surface area contributed by atoms with E-state index >= 15 is 0 Å². The van der Waals surface area contributed by atoms with Crippen LogP contribution in [0.2, 0.25) is 0 Å². The highest BCUT2D eigenvalue weighted by Crippen LogP contribution is 2.34. The molecule has 1 aromatic rings. The van der Waals surface area contributed by atoms with Crippen molar-refractivity contribution < 1.29 is 9.59 Å². The average molecular weight is 384 g/mol. The Balaban J connectivity index is 1.53. The summed E-state index contributed by atoms with van der Waals surface area (Å²) >= 11 is 0. The second-order valence-corrected chi connectivity index (χ2v) is 8.69. The zero-order valence-electron chi connectivity index (χ0n) is 17.1. The normalized spacial score (nSPS) is 23.9. The first-order valence-corrected chi connectivity index (χ1v) is 11.1. The molecule has 0 aromatic heterocycles. The summed E-state index contributed by atoms with van der Waals surface area (Å²) in [7, 11) is 2.06. The van der Waals surface area contributed by atoms with Crippen molar-refractivity contribution in [1.29, 1.82) is 0 Å². The van der Waals surface area contributed by atoms with Crippen molar-refractivity contribution in [3.05, 3.63) is 29.3 Å². The molecule has 5 nitrogen and oxygen atoms in total. The molecular formula is C23H33N3O2. The van der Waals surface area contributed by atoms with Crippen molar-refractivity contribution in [2.75, 3.05) is 18.5 Å². The van der Waals surface area contributed by atoms with Crippen LogP contribution < -0.4 is 10.2 Å². The number of carbonyl (C=O) groups is 2. The summed E-state index contributed by atoms with van der Waals surface area (Å²) in [5.74, 6) is 0.115. The predicted octanol–water partition coefficient (Wildman–Crippen LogP) is 4.32.